The van der Waals surface area contributed by atoms with Gasteiger partial charge in [-0.1, -0.05) is 39.3 Å². The lowest BCUT2D eigenvalue weighted by atomic mass is 10.1. The molecular formula is C15H22ClNO2. The van der Waals surface area contributed by atoms with Gasteiger partial charge < -0.3 is 10.0 Å². The van der Waals surface area contributed by atoms with Gasteiger partial charge in [0.2, 0.25) is 0 Å². The van der Waals surface area contributed by atoms with Crippen LogP contribution in [0, 0.1) is 11.8 Å². The van der Waals surface area contributed by atoms with Gasteiger partial charge in [-0.05, 0) is 30.0 Å². The molecule has 4 heteroatoms. The van der Waals surface area contributed by atoms with E-state index in [4.69, 9.17) is 16.7 Å². The number of carboxylic acids is 1. The Balaban J connectivity index is 3.02. The predicted molar refractivity (Wildman–Crippen MR) is 80.3 cm³/mol. The van der Waals surface area contributed by atoms with Crippen LogP contribution in [0.5, 0.6) is 0 Å². The average molecular weight is 284 g/mol. The van der Waals surface area contributed by atoms with Gasteiger partial charge >= 0.3 is 5.97 Å². The molecule has 106 valence electrons. The van der Waals surface area contributed by atoms with E-state index >= 15 is 0 Å². The van der Waals surface area contributed by atoms with Crippen molar-refractivity contribution in [1.82, 2.24) is 0 Å². The van der Waals surface area contributed by atoms with Crippen LogP contribution in [0.2, 0.25) is 5.02 Å². The zero-order valence-electron chi connectivity index (χ0n) is 12.0. The maximum absolute atomic E-state index is 11.0. The van der Waals surface area contributed by atoms with Crippen LogP contribution in [-0.4, -0.2) is 24.2 Å². The summed E-state index contributed by atoms with van der Waals surface area (Å²) in [5.41, 5.74) is 1.14. The van der Waals surface area contributed by atoms with E-state index in [1.165, 1.54) is 0 Å². The van der Waals surface area contributed by atoms with E-state index < -0.39 is 5.97 Å². The van der Waals surface area contributed by atoms with Gasteiger partial charge in [0.1, 0.15) is 0 Å². The molecule has 0 bridgehead atoms. The summed E-state index contributed by atoms with van der Waals surface area (Å²) in [5, 5.41) is 9.28. The summed E-state index contributed by atoms with van der Waals surface area (Å²) in [6, 6.07) is 5.16. The number of hydrogen-bond donors (Lipinski definition) is 1. The molecule has 0 aromatic heterocycles. The smallest absolute Gasteiger partial charge is 0.337 e. The Morgan fingerprint density at radius 2 is 1.74 bits per heavy atom. The Bertz CT molecular complexity index is 434. The number of aromatic carboxylic acids is 1. The SMILES string of the molecule is CC(C)CN(CC(C)C)c1ccc(C(=O)O)c(Cl)c1. The Kier molecular flexibility index (Phi) is 5.67. The second-order valence-corrected chi connectivity index (χ2v) is 6.07. The van der Waals surface area contributed by atoms with E-state index in [0.717, 1.165) is 18.8 Å². The van der Waals surface area contributed by atoms with Crippen molar-refractivity contribution in [2.24, 2.45) is 11.8 Å². The number of carbonyl (C=O) groups is 1. The molecule has 0 unspecified atom stereocenters. The first-order chi connectivity index (χ1) is 8.81. The number of benzene rings is 1. The molecule has 1 aromatic rings. The summed E-state index contributed by atoms with van der Waals surface area (Å²) < 4.78 is 0. The summed E-state index contributed by atoms with van der Waals surface area (Å²) in [6.45, 7) is 10.5. The first-order valence-electron chi connectivity index (χ1n) is 6.59. The van der Waals surface area contributed by atoms with Gasteiger partial charge in [0, 0.05) is 18.8 Å². The molecule has 1 aromatic carbocycles. The Morgan fingerprint density at radius 3 is 2.11 bits per heavy atom. The molecule has 0 spiro atoms. The molecule has 0 atom stereocenters. The van der Waals surface area contributed by atoms with Gasteiger partial charge in [0.25, 0.3) is 0 Å². The molecule has 0 fully saturated rings. The second-order valence-electron chi connectivity index (χ2n) is 5.66. The Hall–Kier alpha value is -1.22. The minimum Gasteiger partial charge on any atom is -0.478 e. The molecule has 0 radical (unpaired) electrons. The number of anilines is 1. The third-order valence-corrected chi connectivity index (χ3v) is 3.03. The van der Waals surface area contributed by atoms with Crippen LogP contribution in [0.1, 0.15) is 38.1 Å². The molecule has 19 heavy (non-hydrogen) atoms. The molecule has 0 heterocycles. The van der Waals surface area contributed by atoms with Crippen LogP contribution >= 0.6 is 11.6 Å². The molecular weight excluding hydrogens is 262 g/mol. The van der Waals surface area contributed by atoms with Crippen LogP contribution in [0.25, 0.3) is 0 Å². The fraction of sp³-hybridized carbons (Fsp3) is 0.533. The van der Waals surface area contributed by atoms with Crippen LogP contribution in [0.4, 0.5) is 5.69 Å². The van der Waals surface area contributed by atoms with Crippen molar-refractivity contribution in [3.05, 3.63) is 28.8 Å². The van der Waals surface area contributed by atoms with E-state index in [9.17, 15) is 4.79 Å². The van der Waals surface area contributed by atoms with Gasteiger partial charge in [-0.25, -0.2) is 4.79 Å². The number of nitrogens with zero attached hydrogens (tertiary/aromatic N) is 1. The van der Waals surface area contributed by atoms with E-state index in [1.807, 2.05) is 6.07 Å². The van der Waals surface area contributed by atoms with Gasteiger partial charge in [-0.2, -0.15) is 0 Å². The monoisotopic (exact) mass is 283 g/mol. The minimum absolute atomic E-state index is 0.152. The van der Waals surface area contributed by atoms with Crippen molar-refractivity contribution in [3.8, 4) is 0 Å². The lowest BCUT2D eigenvalue weighted by Gasteiger charge is -2.28. The van der Waals surface area contributed by atoms with Gasteiger partial charge in [-0.15, -0.1) is 0 Å². The summed E-state index contributed by atoms with van der Waals surface area (Å²) in [7, 11) is 0. The van der Waals surface area contributed by atoms with Crippen LogP contribution in [0.3, 0.4) is 0 Å². The normalized spacial score (nSPS) is 11.1. The third kappa shape index (κ3) is 4.75. The maximum atomic E-state index is 11.0. The van der Waals surface area contributed by atoms with Crippen molar-refractivity contribution in [2.45, 2.75) is 27.7 Å². The van der Waals surface area contributed by atoms with Crippen molar-refractivity contribution < 1.29 is 9.90 Å². The Labute approximate surface area is 120 Å². The van der Waals surface area contributed by atoms with Crippen molar-refractivity contribution in [3.63, 3.8) is 0 Å². The van der Waals surface area contributed by atoms with Crippen LogP contribution < -0.4 is 4.90 Å². The van der Waals surface area contributed by atoms with Crippen LogP contribution in [0.15, 0.2) is 18.2 Å². The zero-order chi connectivity index (χ0) is 14.6. The maximum Gasteiger partial charge on any atom is 0.337 e. The van der Waals surface area contributed by atoms with Gasteiger partial charge in [-0.3, -0.25) is 0 Å². The highest BCUT2D eigenvalue weighted by atomic mass is 35.5. The highest BCUT2D eigenvalue weighted by Gasteiger charge is 2.14. The topological polar surface area (TPSA) is 40.5 Å². The standard InChI is InChI=1S/C15H22ClNO2/c1-10(2)8-17(9-11(3)4)12-5-6-13(15(18)19)14(16)7-12/h5-7,10-11H,8-9H2,1-4H3,(H,18,19). The largest absolute Gasteiger partial charge is 0.478 e. The molecule has 0 aliphatic carbocycles. The lowest BCUT2D eigenvalue weighted by Crippen LogP contribution is -2.31. The quantitative estimate of drug-likeness (QED) is 0.852. The van der Waals surface area contributed by atoms with Crippen molar-refractivity contribution >= 4 is 23.3 Å². The Morgan fingerprint density at radius 1 is 1.21 bits per heavy atom. The zero-order valence-corrected chi connectivity index (χ0v) is 12.7. The van der Waals surface area contributed by atoms with Crippen molar-refractivity contribution in [1.29, 1.82) is 0 Å². The number of halogens is 1. The summed E-state index contributed by atoms with van der Waals surface area (Å²) >= 11 is 6.03. The first-order valence-corrected chi connectivity index (χ1v) is 6.96. The summed E-state index contributed by atoms with van der Waals surface area (Å²) in [5.74, 6) is 0.0872. The fourth-order valence-corrected chi connectivity index (χ4v) is 2.30. The van der Waals surface area contributed by atoms with E-state index in [0.29, 0.717) is 16.9 Å². The number of hydrogen-bond acceptors (Lipinski definition) is 2. The number of rotatable bonds is 6. The molecule has 1 N–H and O–H groups in total. The molecule has 0 amide bonds. The van der Waals surface area contributed by atoms with E-state index in [-0.39, 0.29) is 5.56 Å². The first kappa shape index (κ1) is 15.8. The molecule has 0 aliphatic rings. The summed E-state index contributed by atoms with van der Waals surface area (Å²) in [4.78, 5) is 13.2. The highest BCUT2D eigenvalue weighted by Crippen LogP contribution is 2.25. The second kappa shape index (κ2) is 6.80. The molecule has 0 saturated heterocycles. The van der Waals surface area contributed by atoms with E-state index in [2.05, 4.69) is 32.6 Å². The minimum atomic E-state index is -0.990. The van der Waals surface area contributed by atoms with Gasteiger partial charge in [0.15, 0.2) is 0 Å². The number of carboxylic acid groups (broad SMARTS) is 1. The van der Waals surface area contributed by atoms with E-state index in [1.54, 1.807) is 12.1 Å². The fourth-order valence-electron chi connectivity index (χ4n) is 2.04. The predicted octanol–water partition coefficient (Wildman–Crippen LogP) is 4.16. The summed E-state index contributed by atoms with van der Waals surface area (Å²) in [6.07, 6.45) is 0. The molecule has 0 saturated carbocycles. The van der Waals surface area contributed by atoms with Crippen molar-refractivity contribution in [2.75, 3.05) is 18.0 Å². The average Bonchev–Trinajstić information content (AvgIpc) is 2.26. The molecule has 3 nitrogen and oxygen atoms in total. The third-order valence-electron chi connectivity index (χ3n) is 2.72. The van der Waals surface area contributed by atoms with Gasteiger partial charge in [0.05, 0.1) is 10.6 Å². The van der Waals surface area contributed by atoms with Crippen LogP contribution in [-0.2, 0) is 0 Å². The molecule has 1 rings (SSSR count). The highest BCUT2D eigenvalue weighted by molar-refractivity contribution is 6.33. The molecule has 0 aliphatic heterocycles. The lowest BCUT2D eigenvalue weighted by molar-refractivity contribution is 0.0697.